The molecule has 36 heavy (non-hydrogen) atoms. The molecular formula is C31H22N4O. The molecule has 5 nitrogen and oxygen atoms in total. The molecular weight excluding hydrogens is 444 g/mol. The lowest BCUT2D eigenvalue weighted by Gasteiger charge is -2.19. The maximum absolute atomic E-state index is 10.7. The normalized spacial score (nSPS) is 13.4. The van der Waals surface area contributed by atoms with Crippen molar-refractivity contribution >= 4 is 32.6 Å². The third kappa shape index (κ3) is 3.57. The number of aromatic amines is 1. The fourth-order valence-electron chi connectivity index (χ4n) is 4.71. The molecule has 1 aliphatic carbocycles. The maximum Gasteiger partial charge on any atom is 0.141 e. The number of benzene rings is 4. The summed E-state index contributed by atoms with van der Waals surface area (Å²) in [4.78, 5) is 8.33. The highest BCUT2D eigenvalue weighted by molar-refractivity contribution is 6.24. The van der Waals surface area contributed by atoms with Gasteiger partial charge in [-0.3, -0.25) is 0 Å². The second-order valence-corrected chi connectivity index (χ2v) is 9.88. The molecule has 0 spiro atoms. The number of nitriles is 2. The van der Waals surface area contributed by atoms with Gasteiger partial charge in [-0.2, -0.15) is 10.5 Å². The summed E-state index contributed by atoms with van der Waals surface area (Å²) in [5, 5.41) is 34.0. The number of aliphatic hydroxyl groups is 1. The Balaban J connectivity index is 1.71. The fraction of sp³-hybridized carbons (Fsp3) is 0.194. The molecule has 1 aromatic heterocycles. The van der Waals surface area contributed by atoms with E-state index in [9.17, 15) is 15.6 Å². The summed E-state index contributed by atoms with van der Waals surface area (Å²) in [6.07, 6.45) is 2.34. The molecule has 0 amide bonds. The number of imidazole rings is 1. The van der Waals surface area contributed by atoms with Crippen molar-refractivity contribution in [3.8, 4) is 35.4 Å². The van der Waals surface area contributed by atoms with Gasteiger partial charge in [0.05, 0.1) is 45.5 Å². The number of hydrogen-bond donors (Lipinski definition) is 2. The van der Waals surface area contributed by atoms with Crippen LogP contribution in [0.15, 0.2) is 54.6 Å². The van der Waals surface area contributed by atoms with Gasteiger partial charge in [0, 0.05) is 22.3 Å². The lowest BCUT2D eigenvalue weighted by atomic mass is 9.92. The third-order valence-electron chi connectivity index (χ3n) is 6.80. The molecule has 6 rings (SSSR count). The highest BCUT2D eigenvalue weighted by Gasteiger charge is 2.21. The van der Waals surface area contributed by atoms with Crippen molar-refractivity contribution in [2.45, 2.75) is 32.3 Å². The maximum atomic E-state index is 10.7. The Hall–Kier alpha value is -4.63. The smallest absolute Gasteiger partial charge is 0.141 e. The molecule has 172 valence electrons. The fourth-order valence-corrected chi connectivity index (χ4v) is 4.71. The predicted octanol–water partition coefficient (Wildman–Crippen LogP) is 6.27. The molecule has 1 heterocycles. The van der Waals surface area contributed by atoms with E-state index in [1.165, 1.54) is 12.8 Å². The van der Waals surface area contributed by atoms with Crippen LogP contribution in [0, 0.1) is 40.4 Å². The number of nitrogens with zero attached hydrogens (tertiary/aromatic N) is 3. The molecule has 1 fully saturated rings. The molecule has 4 aromatic carbocycles. The molecule has 0 aliphatic heterocycles. The topological polar surface area (TPSA) is 96.5 Å². The zero-order chi connectivity index (χ0) is 25.0. The van der Waals surface area contributed by atoms with E-state index in [-0.39, 0.29) is 0 Å². The first kappa shape index (κ1) is 21.9. The monoisotopic (exact) mass is 466 g/mol. The summed E-state index contributed by atoms with van der Waals surface area (Å²) < 4.78 is 0. The minimum atomic E-state index is -0.997. The van der Waals surface area contributed by atoms with Gasteiger partial charge in [0.15, 0.2) is 0 Å². The SMILES string of the molecule is CC(C)(O)c1ccc2c(c1)c1cc(C#CC3CC3)ccc1c1[nH]c(-c3c(C#N)cccc3C#N)nc21. The van der Waals surface area contributed by atoms with E-state index < -0.39 is 5.60 Å². The summed E-state index contributed by atoms with van der Waals surface area (Å²) in [5.41, 5.74) is 3.63. The van der Waals surface area contributed by atoms with E-state index in [0.29, 0.717) is 28.4 Å². The van der Waals surface area contributed by atoms with Gasteiger partial charge < -0.3 is 10.1 Å². The van der Waals surface area contributed by atoms with Crippen LogP contribution in [0.1, 0.15) is 48.9 Å². The van der Waals surface area contributed by atoms with Crippen molar-refractivity contribution in [3.05, 3.63) is 76.9 Å². The third-order valence-corrected chi connectivity index (χ3v) is 6.80. The van der Waals surface area contributed by atoms with Crippen LogP contribution in [0.3, 0.4) is 0 Å². The van der Waals surface area contributed by atoms with Crippen molar-refractivity contribution in [3.63, 3.8) is 0 Å². The second kappa shape index (κ2) is 7.96. The number of nitrogens with one attached hydrogen (secondary N) is 1. The molecule has 0 radical (unpaired) electrons. The number of rotatable bonds is 2. The first-order valence-electron chi connectivity index (χ1n) is 11.9. The van der Waals surface area contributed by atoms with Crippen LogP contribution in [-0.4, -0.2) is 15.1 Å². The Bertz CT molecular complexity index is 1830. The van der Waals surface area contributed by atoms with Gasteiger partial charge in [-0.25, -0.2) is 4.98 Å². The minimum absolute atomic E-state index is 0.392. The van der Waals surface area contributed by atoms with E-state index in [1.54, 1.807) is 32.0 Å². The highest BCUT2D eigenvalue weighted by atomic mass is 16.3. The van der Waals surface area contributed by atoms with Crippen LogP contribution in [0.2, 0.25) is 0 Å². The second-order valence-electron chi connectivity index (χ2n) is 9.88. The molecule has 1 saturated carbocycles. The highest BCUT2D eigenvalue weighted by Crippen LogP contribution is 2.38. The van der Waals surface area contributed by atoms with Gasteiger partial charge in [-0.05, 0) is 73.4 Å². The van der Waals surface area contributed by atoms with E-state index in [2.05, 4.69) is 35.0 Å². The molecule has 0 atom stereocenters. The van der Waals surface area contributed by atoms with Crippen LogP contribution in [0.4, 0.5) is 0 Å². The molecule has 1 aliphatic rings. The number of hydrogen-bond acceptors (Lipinski definition) is 4. The van der Waals surface area contributed by atoms with Crippen molar-refractivity contribution in [1.29, 1.82) is 10.5 Å². The van der Waals surface area contributed by atoms with Gasteiger partial charge >= 0.3 is 0 Å². The molecule has 0 saturated heterocycles. The minimum Gasteiger partial charge on any atom is -0.386 e. The van der Waals surface area contributed by atoms with Crippen LogP contribution < -0.4 is 0 Å². The van der Waals surface area contributed by atoms with Gasteiger partial charge in [-0.1, -0.05) is 36.1 Å². The number of H-pyrrole nitrogens is 1. The van der Waals surface area contributed by atoms with Gasteiger partial charge in [0.25, 0.3) is 0 Å². The van der Waals surface area contributed by atoms with Crippen molar-refractivity contribution < 1.29 is 5.11 Å². The summed E-state index contributed by atoms with van der Waals surface area (Å²) in [7, 11) is 0. The van der Waals surface area contributed by atoms with E-state index in [1.807, 2.05) is 30.3 Å². The Kier molecular flexibility index (Phi) is 4.84. The van der Waals surface area contributed by atoms with E-state index >= 15 is 0 Å². The average Bonchev–Trinajstić information content (AvgIpc) is 3.61. The number of aromatic nitrogens is 2. The van der Waals surface area contributed by atoms with Crippen LogP contribution in [-0.2, 0) is 5.60 Å². The van der Waals surface area contributed by atoms with Crippen LogP contribution in [0.25, 0.3) is 44.0 Å². The van der Waals surface area contributed by atoms with Crippen molar-refractivity contribution in [1.82, 2.24) is 9.97 Å². The van der Waals surface area contributed by atoms with Gasteiger partial charge in [-0.15, -0.1) is 0 Å². The largest absolute Gasteiger partial charge is 0.386 e. The summed E-state index contributed by atoms with van der Waals surface area (Å²) in [5.74, 6) is 7.65. The molecule has 2 N–H and O–H groups in total. The molecule has 0 bridgehead atoms. The van der Waals surface area contributed by atoms with Crippen LogP contribution >= 0.6 is 0 Å². The Morgan fingerprint density at radius 1 is 0.917 bits per heavy atom. The van der Waals surface area contributed by atoms with E-state index in [4.69, 9.17) is 4.98 Å². The lowest BCUT2D eigenvalue weighted by molar-refractivity contribution is 0.0787. The quantitative estimate of drug-likeness (QED) is 0.237. The lowest BCUT2D eigenvalue weighted by Crippen LogP contribution is -2.15. The predicted molar refractivity (Wildman–Crippen MR) is 141 cm³/mol. The Labute approximate surface area is 208 Å². The summed E-state index contributed by atoms with van der Waals surface area (Å²) in [6.45, 7) is 3.55. The first-order valence-corrected chi connectivity index (χ1v) is 11.9. The van der Waals surface area contributed by atoms with Gasteiger partial charge in [0.1, 0.15) is 5.82 Å². The number of fused-ring (bicyclic) bond motifs is 6. The standard InChI is InChI=1S/C31H22N4O/c1-31(2,36)22-11-13-24-26(15-22)25-14-19(9-8-18-6-7-18)10-12-23(25)28-29(24)35-30(34-28)27-20(16-32)4-3-5-21(27)17-33/h3-5,10-15,18,36H,6-7H2,1-2H3,(H,34,35). The zero-order valence-corrected chi connectivity index (χ0v) is 20.0. The van der Waals surface area contributed by atoms with Gasteiger partial charge in [0.2, 0.25) is 0 Å². The summed E-state index contributed by atoms with van der Waals surface area (Å²) in [6, 6.07) is 21.6. The van der Waals surface area contributed by atoms with E-state index in [0.717, 1.165) is 43.7 Å². The average molecular weight is 467 g/mol. The zero-order valence-electron chi connectivity index (χ0n) is 20.0. The Morgan fingerprint density at radius 2 is 1.61 bits per heavy atom. The van der Waals surface area contributed by atoms with Crippen molar-refractivity contribution in [2.24, 2.45) is 5.92 Å². The van der Waals surface area contributed by atoms with Crippen LogP contribution in [0.5, 0.6) is 0 Å². The first-order chi connectivity index (χ1) is 17.4. The molecule has 5 heteroatoms. The molecule has 0 unspecified atom stereocenters. The Morgan fingerprint density at radius 3 is 2.28 bits per heavy atom. The van der Waals surface area contributed by atoms with Crippen molar-refractivity contribution in [2.75, 3.05) is 0 Å². The molecule has 5 aromatic rings. The summed E-state index contributed by atoms with van der Waals surface area (Å²) >= 11 is 0.